The molecule has 1 saturated heterocycles. The molecule has 2 heterocycles. The van der Waals surface area contributed by atoms with Gasteiger partial charge in [-0.25, -0.2) is 0 Å². The Kier molecular flexibility index (Phi) is 3.79. The van der Waals surface area contributed by atoms with E-state index < -0.39 is 6.10 Å². The molecule has 6 nitrogen and oxygen atoms in total. The number of likely N-dealkylation sites (N-methyl/N-ethyl adjacent to an activating group) is 1. The van der Waals surface area contributed by atoms with Gasteiger partial charge in [0.25, 0.3) is 5.91 Å². The topological polar surface area (TPSA) is 65.4 Å². The maximum atomic E-state index is 12.4. The van der Waals surface area contributed by atoms with Crippen molar-refractivity contribution in [2.75, 3.05) is 33.2 Å². The summed E-state index contributed by atoms with van der Waals surface area (Å²) >= 11 is 0. The van der Waals surface area contributed by atoms with Crippen molar-refractivity contribution < 1.29 is 14.7 Å². The van der Waals surface area contributed by atoms with Gasteiger partial charge in [-0.1, -0.05) is 17.3 Å². The number of phenolic OH excluding ortho intramolecular Hbond substituents is 1. The molecule has 112 valence electrons. The Hall–Kier alpha value is -2.08. The first-order valence-electron chi connectivity index (χ1n) is 7.13. The number of phenols is 1. The van der Waals surface area contributed by atoms with E-state index >= 15 is 0 Å². The maximum Gasteiger partial charge on any atom is 0.266 e. The van der Waals surface area contributed by atoms with Gasteiger partial charge in [-0.15, -0.1) is 0 Å². The van der Waals surface area contributed by atoms with E-state index in [0.717, 1.165) is 26.2 Å². The van der Waals surface area contributed by atoms with Crippen LogP contribution in [-0.4, -0.2) is 65.9 Å². The second-order valence-electron chi connectivity index (χ2n) is 5.48. The van der Waals surface area contributed by atoms with E-state index in [1.807, 2.05) is 18.0 Å². The smallest absolute Gasteiger partial charge is 0.266 e. The molecule has 21 heavy (non-hydrogen) atoms. The summed E-state index contributed by atoms with van der Waals surface area (Å²) < 4.78 is 0. The van der Waals surface area contributed by atoms with Crippen LogP contribution in [0.5, 0.6) is 5.75 Å². The van der Waals surface area contributed by atoms with Crippen molar-refractivity contribution in [3.63, 3.8) is 0 Å². The molecule has 0 bridgehead atoms. The van der Waals surface area contributed by atoms with Crippen LogP contribution >= 0.6 is 0 Å². The number of benzene rings is 1. The highest BCUT2D eigenvalue weighted by atomic mass is 16.6. The number of carbonyl (C=O) groups is 1. The van der Waals surface area contributed by atoms with Gasteiger partial charge in [-0.2, -0.15) is 0 Å². The lowest BCUT2D eigenvalue weighted by atomic mass is 10.0. The number of hydrogen-bond donors (Lipinski definition) is 1. The van der Waals surface area contributed by atoms with Crippen LogP contribution in [0.15, 0.2) is 29.4 Å². The number of amides is 1. The van der Waals surface area contributed by atoms with E-state index in [2.05, 4.69) is 10.1 Å². The number of carbonyl (C=O) groups excluding carboxylic acids is 1. The summed E-state index contributed by atoms with van der Waals surface area (Å²) in [4.78, 5) is 21.7. The Balaban J connectivity index is 1.64. The van der Waals surface area contributed by atoms with Gasteiger partial charge in [0.15, 0.2) is 0 Å². The van der Waals surface area contributed by atoms with Gasteiger partial charge in [-0.3, -0.25) is 4.79 Å². The summed E-state index contributed by atoms with van der Waals surface area (Å²) in [5.41, 5.74) is 1.26. The third kappa shape index (κ3) is 2.85. The number of aromatic hydroxyl groups is 1. The first kappa shape index (κ1) is 13.9. The zero-order valence-corrected chi connectivity index (χ0v) is 12.0. The van der Waals surface area contributed by atoms with Crippen LogP contribution in [0, 0.1) is 0 Å². The van der Waals surface area contributed by atoms with Crippen molar-refractivity contribution in [2.24, 2.45) is 5.16 Å². The van der Waals surface area contributed by atoms with Crippen molar-refractivity contribution >= 4 is 11.6 Å². The molecule has 6 heteroatoms. The van der Waals surface area contributed by atoms with Gasteiger partial charge in [0.1, 0.15) is 5.75 Å². The SMILES string of the molecule is CN1CCN(C(=O)C2CC(c3ccccc3O)=NO2)CC1. The number of oxime groups is 1. The van der Waals surface area contributed by atoms with E-state index in [-0.39, 0.29) is 11.7 Å². The average molecular weight is 289 g/mol. The molecule has 3 rings (SSSR count). The van der Waals surface area contributed by atoms with Crippen molar-refractivity contribution in [2.45, 2.75) is 12.5 Å². The number of nitrogens with zero attached hydrogens (tertiary/aromatic N) is 3. The Morgan fingerprint density at radius 3 is 2.71 bits per heavy atom. The highest BCUT2D eigenvalue weighted by molar-refractivity contribution is 6.05. The highest BCUT2D eigenvalue weighted by Gasteiger charge is 2.33. The fraction of sp³-hybridized carbons (Fsp3) is 0.467. The first-order chi connectivity index (χ1) is 10.1. The van der Waals surface area contributed by atoms with Crippen molar-refractivity contribution in [1.29, 1.82) is 0 Å². The lowest BCUT2D eigenvalue weighted by Gasteiger charge is -2.33. The monoisotopic (exact) mass is 289 g/mol. The van der Waals surface area contributed by atoms with Crippen LogP contribution in [0.25, 0.3) is 0 Å². The summed E-state index contributed by atoms with van der Waals surface area (Å²) in [6.07, 6.45) is -0.161. The molecular formula is C15H19N3O3. The largest absolute Gasteiger partial charge is 0.507 e. The molecule has 0 aromatic heterocycles. The molecule has 0 saturated carbocycles. The minimum atomic E-state index is -0.567. The molecule has 2 aliphatic rings. The molecule has 0 radical (unpaired) electrons. The molecule has 1 N–H and O–H groups in total. The highest BCUT2D eigenvalue weighted by Crippen LogP contribution is 2.24. The van der Waals surface area contributed by atoms with Crippen molar-refractivity contribution in [3.8, 4) is 5.75 Å². The van der Waals surface area contributed by atoms with E-state index in [9.17, 15) is 9.90 Å². The second kappa shape index (κ2) is 5.73. The molecule has 1 amide bonds. The normalized spacial score (nSPS) is 22.8. The zero-order chi connectivity index (χ0) is 14.8. The summed E-state index contributed by atoms with van der Waals surface area (Å²) in [6.45, 7) is 3.21. The third-order valence-corrected chi connectivity index (χ3v) is 3.97. The van der Waals surface area contributed by atoms with Crippen LogP contribution in [0.4, 0.5) is 0 Å². The number of hydrogen-bond acceptors (Lipinski definition) is 5. The number of para-hydroxylation sites is 1. The third-order valence-electron chi connectivity index (χ3n) is 3.97. The molecule has 1 fully saturated rings. The predicted molar refractivity (Wildman–Crippen MR) is 78.2 cm³/mol. The Morgan fingerprint density at radius 1 is 1.29 bits per heavy atom. The second-order valence-corrected chi connectivity index (χ2v) is 5.48. The van der Waals surface area contributed by atoms with Crippen molar-refractivity contribution in [3.05, 3.63) is 29.8 Å². The molecule has 2 aliphatic heterocycles. The summed E-state index contributed by atoms with van der Waals surface area (Å²) in [6, 6.07) is 6.96. The van der Waals surface area contributed by atoms with E-state index in [4.69, 9.17) is 4.84 Å². The van der Waals surface area contributed by atoms with Crippen LogP contribution in [0.2, 0.25) is 0 Å². The van der Waals surface area contributed by atoms with Crippen LogP contribution in [0.1, 0.15) is 12.0 Å². The molecule has 1 atom stereocenters. The summed E-state index contributed by atoms with van der Waals surface area (Å²) in [5, 5.41) is 13.8. The minimum absolute atomic E-state index is 0.0164. The van der Waals surface area contributed by atoms with Crippen molar-refractivity contribution in [1.82, 2.24) is 9.80 Å². The summed E-state index contributed by atoms with van der Waals surface area (Å²) in [7, 11) is 2.05. The molecular weight excluding hydrogens is 270 g/mol. The standard InChI is InChI=1S/C15H19N3O3/c1-17-6-8-18(9-7-17)15(20)14-10-12(16-21-14)11-4-2-3-5-13(11)19/h2-5,14,19H,6-10H2,1H3. The first-order valence-corrected chi connectivity index (χ1v) is 7.13. The number of piperazine rings is 1. The molecule has 0 spiro atoms. The van der Waals surface area contributed by atoms with Crippen LogP contribution in [0.3, 0.4) is 0 Å². The maximum absolute atomic E-state index is 12.4. The number of rotatable bonds is 2. The zero-order valence-electron chi connectivity index (χ0n) is 12.0. The van der Waals surface area contributed by atoms with Gasteiger partial charge in [-0.05, 0) is 19.2 Å². The lowest BCUT2D eigenvalue weighted by molar-refractivity contribution is -0.143. The van der Waals surface area contributed by atoms with E-state index in [0.29, 0.717) is 17.7 Å². The van der Waals surface area contributed by atoms with Gasteiger partial charge in [0, 0.05) is 38.2 Å². The Bertz CT molecular complexity index is 565. The molecule has 1 aromatic carbocycles. The van der Waals surface area contributed by atoms with Crippen LogP contribution < -0.4 is 0 Å². The fourth-order valence-electron chi connectivity index (χ4n) is 2.62. The van der Waals surface area contributed by atoms with E-state index in [1.54, 1.807) is 18.2 Å². The van der Waals surface area contributed by atoms with Gasteiger partial charge in [0.2, 0.25) is 6.10 Å². The minimum Gasteiger partial charge on any atom is -0.507 e. The Labute approximate surface area is 123 Å². The van der Waals surface area contributed by atoms with Gasteiger partial charge >= 0.3 is 0 Å². The van der Waals surface area contributed by atoms with Gasteiger partial charge < -0.3 is 19.7 Å². The molecule has 0 aliphatic carbocycles. The Morgan fingerprint density at radius 2 is 2.00 bits per heavy atom. The molecule has 1 aromatic rings. The van der Waals surface area contributed by atoms with Gasteiger partial charge in [0.05, 0.1) is 5.71 Å². The average Bonchev–Trinajstić information content (AvgIpc) is 2.97. The quantitative estimate of drug-likeness (QED) is 0.868. The summed E-state index contributed by atoms with van der Waals surface area (Å²) in [5.74, 6) is 0.143. The van der Waals surface area contributed by atoms with E-state index in [1.165, 1.54) is 0 Å². The predicted octanol–water partition coefficient (Wildman–Crippen LogP) is 0.659. The van der Waals surface area contributed by atoms with Crippen LogP contribution in [-0.2, 0) is 9.63 Å². The molecule has 1 unspecified atom stereocenters. The fourth-order valence-corrected chi connectivity index (χ4v) is 2.62. The lowest BCUT2D eigenvalue weighted by Crippen LogP contribution is -2.50.